The first-order valence-electron chi connectivity index (χ1n) is 34.5. The van der Waals surface area contributed by atoms with Gasteiger partial charge in [0.1, 0.15) is 41.9 Å². The normalized spacial score (nSPS) is 32.7. The number of carbonyl (C=O) groups is 2. The molecule has 1 unspecified atom stereocenters. The lowest BCUT2D eigenvalue weighted by molar-refractivity contribution is -0.292. The zero-order chi connectivity index (χ0) is 66.9. The van der Waals surface area contributed by atoms with Crippen molar-refractivity contribution in [2.24, 2.45) is 11.8 Å². The molecular weight excluding hydrogens is 1300 g/mol. The monoisotopic (exact) mass is 1410 g/mol. The van der Waals surface area contributed by atoms with Crippen LogP contribution in [-0.2, 0) is 70.5 Å². The number of hydrogen-bond acceptors (Lipinski definition) is 16. The molecule has 19 atom stereocenters. The van der Waals surface area contributed by atoms with Gasteiger partial charge in [-0.1, -0.05) is 135 Å². The van der Waals surface area contributed by atoms with Crippen molar-refractivity contribution in [2.75, 3.05) is 20.3 Å². The van der Waals surface area contributed by atoms with Crippen LogP contribution in [0, 0.1) is 11.8 Å². The first-order valence-corrected chi connectivity index (χ1v) is 45.2. The number of benzene rings is 2. The van der Waals surface area contributed by atoms with E-state index in [0.717, 1.165) is 43.0 Å². The maximum absolute atomic E-state index is 16.1. The van der Waals surface area contributed by atoms with E-state index in [4.69, 9.17) is 55.9 Å². The van der Waals surface area contributed by atoms with Gasteiger partial charge in [0.05, 0.1) is 72.0 Å². The Kier molecular flexibility index (Phi) is 24.1. The van der Waals surface area contributed by atoms with Gasteiger partial charge in [-0.2, -0.15) is 0 Å². The first-order chi connectivity index (χ1) is 43.3. The van der Waals surface area contributed by atoms with Crippen LogP contribution in [0.3, 0.4) is 0 Å². The molecule has 92 heavy (non-hydrogen) atoms. The van der Waals surface area contributed by atoms with Crippen molar-refractivity contribution < 1.29 is 73.9 Å². The summed E-state index contributed by atoms with van der Waals surface area (Å²) >= 11 is 3.51. The van der Waals surface area contributed by atoms with Crippen molar-refractivity contribution in [1.82, 2.24) is 0 Å². The summed E-state index contributed by atoms with van der Waals surface area (Å²) in [7, 11) is -9.42. The summed E-state index contributed by atoms with van der Waals surface area (Å²) in [6.45, 7) is 41.0. The number of ketones is 1. The van der Waals surface area contributed by atoms with E-state index in [9.17, 15) is 4.79 Å². The second-order valence-corrected chi connectivity index (χ2v) is 48.2. The molecule has 6 bridgehead atoms. The summed E-state index contributed by atoms with van der Waals surface area (Å²) in [5.74, 6) is -2.91. The van der Waals surface area contributed by atoms with E-state index in [1.807, 2.05) is 6.07 Å². The number of rotatable bonds is 31. The number of carbonyl (C=O) groups excluding carboxylic acids is 2. The molecule has 0 aliphatic carbocycles. The number of halogens is 1. The van der Waals surface area contributed by atoms with Gasteiger partial charge in [-0.15, -0.1) is 0 Å². The number of ether oxygens (including phenoxy) is 9. The van der Waals surface area contributed by atoms with E-state index in [1.165, 1.54) is 0 Å². The van der Waals surface area contributed by atoms with E-state index >= 15 is 13.2 Å². The largest absolute Gasteiger partial charge is 0.458 e. The Labute approximate surface area is 562 Å². The van der Waals surface area contributed by atoms with Crippen LogP contribution in [0.1, 0.15) is 157 Å². The summed E-state index contributed by atoms with van der Waals surface area (Å²) in [6, 6.07) is 20.5. The van der Waals surface area contributed by atoms with Crippen molar-refractivity contribution in [1.29, 1.82) is 0 Å². The molecule has 0 radical (unpaired) electrons. The summed E-state index contributed by atoms with van der Waals surface area (Å²) in [4.78, 5) is 29.6. The number of methoxy groups -OCH3 is 1. The molecule has 0 spiro atoms. The third-order valence-corrected chi connectivity index (χ3v) is 38.8. The molecule has 2 aromatic rings. The van der Waals surface area contributed by atoms with Crippen LogP contribution >= 0.6 is 15.9 Å². The number of sulfone groups is 1. The number of Topliss-reactive ketones (excluding diaryl/α,β-unsaturated/α-hetero) is 1. The fourth-order valence-corrected chi connectivity index (χ4v) is 22.3. The van der Waals surface area contributed by atoms with E-state index in [1.54, 1.807) is 61.7 Å². The lowest BCUT2D eigenvalue weighted by Crippen LogP contribution is -2.62. The molecule has 0 saturated carbocycles. The molecule has 8 aliphatic rings. The number of esters is 1. The SMILES string of the molecule is C=C(Br)C[C@@H](CC[C@@]12C[C@H]3O[C@H]4[C@@H](O1)[C@H]1O[C@@H](CC(=O)C([C@@H]5[C@@H](OC)[C@@H](C[C@@H](CO[Si](C)(C)C(C)(C)C)O[Si](C)(C)C(C)(C)C)O[C@H]5C[C@H]5O[C@@H](CCCO[Si](CC)(CC)CC)C[C@@H](C)C5=C)S(=O)(=O)c5ccccc5)CC[C@@H]1O[C@H]4[C@H]3O2)OC(=O)c1ccccc1. The smallest absolute Gasteiger partial charge is 0.338 e. The highest BCUT2D eigenvalue weighted by Gasteiger charge is 2.69. The third-order valence-electron chi connectivity index (χ3n) is 22.6. The maximum Gasteiger partial charge on any atom is 0.338 e. The molecule has 10 rings (SSSR count). The molecule has 516 valence electrons. The van der Waals surface area contributed by atoms with Crippen LogP contribution < -0.4 is 0 Å². The minimum absolute atomic E-state index is 0.0331. The highest BCUT2D eigenvalue weighted by atomic mass is 79.9. The molecule has 21 heteroatoms. The lowest BCUT2D eigenvalue weighted by atomic mass is 9.81. The van der Waals surface area contributed by atoms with Gasteiger partial charge in [-0.25, -0.2) is 13.2 Å². The summed E-state index contributed by atoms with van der Waals surface area (Å²) in [5, 5.41) is -1.83. The third kappa shape index (κ3) is 16.5. The minimum Gasteiger partial charge on any atom is -0.458 e. The predicted octanol–water partition coefficient (Wildman–Crippen LogP) is 14.8. The van der Waals surface area contributed by atoms with Gasteiger partial charge in [0, 0.05) is 58.2 Å². The van der Waals surface area contributed by atoms with E-state index in [2.05, 4.69) is 125 Å². The van der Waals surface area contributed by atoms with Crippen molar-refractivity contribution >= 4 is 62.5 Å². The maximum atomic E-state index is 16.1. The molecule has 0 aromatic heterocycles. The average molecular weight is 1420 g/mol. The highest BCUT2D eigenvalue weighted by molar-refractivity contribution is 9.11. The Morgan fingerprint density at radius 2 is 1.39 bits per heavy atom. The fraction of sp³-hybridized carbons (Fsp3) is 0.746. The molecule has 8 aliphatic heterocycles. The minimum atomic E-state index is -4.48. The topological polar surface area (TPSA) is 179 Å². The molecule has 0 N–H and O–H groups in total. The van der Waals surface area contributed by atoms with Gasteiger partial charge >= 0.3 is 5.97 Å². The molecule has 8 fully saturated rings. The Balaban J connectivity index is 1.02. The van der Waals surface area contributed by atoms with Crippen LogP contribution in [0.25, 0.3) is 0 Å². The Hall–Kier alpha value is -2.30. The lowest BCUT2D eigenvalue weighted by Gasteiger charge is -2.47. The molecule has 8 heterocycles. The van der Waals surface area contributed by atoms with Gasteiger partial charge in [-0.05, 0) is 133 Å². The summed E-state index contributed by atoms with van der Waals surface area (Å²) in [5.41, 5.74) is 1.37. The van der Waals surface area contributed by atoms with Crippen LogP contribution in [0.2, 0.25) is 54.4 Å². The molecule has 8 saturated heterocycles. The second-order valence-electron chi connectivity index (χ2n) is 30.7. The van der Waals surface area contributed by atoms with Gasteiger partial charge in [0.15, 0.2) is 46.4 Å². The van der Waals surface area contributed by atoms with Gasteiger partial charge in [0.25, 0.3) is 0 Å². The van der Waals surface area contributed by atoms with Gasteiger partial charge in [0.2, 0.25) is 0 Å². The van der Waals surface area contributed by atoms with E-state index in [-0.39, 0.29) is 52.0 Å². The van der Waals surface area contributed by atoms with Crippen molar-refractivity contribution in [2.45, 2.75) is 308 Å². The average Bonchev–Trinajstić information content (AvgIpc) is 1.54. The van der Waals surface area contributed by atoms with Gasteiger partial charge in [-0.3, -0.25) is 4.79 Å². The molecule has 0 amide bonds. The quantitative estimate of drug-likeness (QED) is 0.0301. The zero-order valence-electron chi connectivity index (χ0n) is 57.9. The van der Waals surface area contributed by atoms with Crippen molar-refractivity contribution in [3.05, 3.63) is 89.4 Å². The highest BCUT2D eigenvalue weighted by Crippen LogP contribution is 2.55. The fourth-order valence-electron chi connectivity index (χ4n) is 14.9. The van der Waals surface area contributed by atoms with Crippen LogP contribution in [-0.4, -0.2) is 168 Å². The van der Waals surface area contributed by atoms with E-state index < -0.39 is 137 Å². The standard InChI is InChI=1S/C71H111BrO16SSi3/c1-18-92(19-2,20-3)78-37-27-30-49-38-45(4)47(6)56(80-49)42-57-60(61(77-13)58(83-57)41-52(88-91(16,17)70(10,11)12)44-79-90(14,15)69(7,8)9)67(89(75,76)53-31-25-22-26-32-53)54(73)40-50-33-34-55-62(81-50)66-65-64(84-55)63-59(85-65)43-71(86-63,87-66)36-35-51(39-46(5)72)82-68(74)48-28-23-21-24-29-48/h21-26,28-29,31-32,45,49-52,55-67H,5-6,18-20,27,30,33-44H2,1-4,7-17H3/t45-,49+,50-,51-,52+,55+,56-,57+,58-,59-,60+,61+,62+,63+,64+,65-,66+,67?,71+/m1/s1. The van der Waals surface area contributed by atoms with Crippen LogP contribution in [0.5, 0.6) is 0 Å². The number of fused-ring (bicyclic) bond motifs is 1. The van der Waals surface area contributed by atoms with Crippen molar-refractivity contribution in [3.63, 3.8) is 0 Å². The second kappa shape index (κ2) is 30.0. The predicted molar refractivity (Wildman–Crippen MR) is 368 cm³/mol. The van der Waals surface area contributed by atoms with E-state index in [0.29, 0.717) is 68.2 Å². The Morgan fingerprint density at radius 3 is 2.02 bits per heavy atom. The Morgan fingerprint density at radius 1 is 0.761 bits per heavy atom. The van der Waals surface area contributed by atoms with Crippen LogP contribution in [0.15, 0.2) is 88.8 Å². The summed E-state index contributed by atoms with van der Waals surface area (Å²) in [6.07, 6.45) is -2.51. The number of hydrogen-bond donors (Lipinski definition) is 0. The zero-order valence-corrected chi connectivity index (χ0v) is 63.3. The van der Waals surface area contributed by atoms with Crippen molar-refractivity contribution in [3.8, 4) is 0 Å². The first kappa shape index (κ1) is 73.9. The summed E-state index contributed by atoms with van der Waals surface area (Å²) < 4.78 is 116. The Bertz CT molecular complexity index is 2930. The molecule has 2 aromatic carbocycles. The molecule has 16 nitrogen and oxygen atoms in total. The van der Waals surface area contributed by atoms with Crippen LogP contribution in [0.4, 0.5) is 0 Å². The molecular formula is C71H111BrO16SSi3. The van der Waals surface area contributed by atoms with Gasteiger partial charge < -0.3 is 55.9 Å².